The molecule has 0 saturated carbocycles. The first-order valence-electron chi connectivity index (χ1n) is 8.29. The normalized spacial score (nSPS) is 18.8. The molecule has 112 valence electrons. The van der Waals surface area contributed by atoms with Crippen molar-refractivity contribution in [1.29, 1.82) is 0 Å². The van der Waals surface area contributed by atoms with Crippen molar-refractivity contribution < 1.29 is 0 Å². The van der Waals surface area contributed by atoms with Crippen LogP contribution in [0.5, 0.6) is 0 Å². The van der Waals surface area contributed by atoms with Gasteiger partial charge in [-0.05, 0) is 50.7 Å². The molecule has 1 unspecified atom stereocenters. The predicted molar refractivity (Wildman–Crippen MR) is 95.3 cm³/mol. The minimum atomic E-state index is 0.632. The van der Waals surface area contributed by atoms with Crippen LogP contribution in [0.1, 0.15) is 59.4 Å². The molecule has 0 nitrogen and oxygen atoms in total. The fourth-order valence-corrected chi connectivity index (χ4v) is 4.78. The van der Waals surface area contributed by atoms with Crippen LogP contribution in [-0.2, 0) is 6.42 Å². The molecule has 0 N–H and O–H groups in total. The van der Waals surface area contributed by atoms with E-state index in [1.807, 2.05) is 0 Å². The van der Waals surface area contributed by atoms with Crippen LogP contribution in [0.15, 0.2) is 46.2 Å². The molecule has 1 heteroatoms. The third kappa shape index (κ3) is 3.57. The average Bonchev–Trinajstić information content (AvgIpc) is 2.67. The van der Waals surface area contributed by atoms with E-state index in [-0.39, 0.29) is 0 Å². The van der Waals surface area contributed by atoms with Crippen LogP contribution >= 0.6 is 0 Å². The lowest BCUT2D eigenvalue weighted by molar-refractivity contribution is 0.719. The van der Waals surface area contributed by atoms with E-state index in [0.717, 1.165) is 9.52 Å². The van der Waals surface area contributed by atoms with Crippen molar-refractivity contribution in [3.8, 4) is 0 Å². The molecule has 1 aromatic carbocycles. The highest BCUT2D eigenvalue weighted by Crippen LogP contribution is 2.35. The summed E-state index contributed by atoms with van der Waals surface area (Å²) in [4.78, 5) is 0. The Labute approximate surface area is 133 Å². The molecule has 0 fully saturated rings. The summed E-state index contributed by atoms with van der Waals surface area (Å²) in [6, 6.07) is 9.08. The monoisotopic (exact) mass is 296 g/mol. The van der Waals surface area contributed by atoms with Crippen molar-refractivity contribution in [3.63, 3.8) is 0 Å². The summed E-state index contributed by atoms with van der Waals surface area (Å²) in [6.07, 6.45) is 5.20. The van der Waals surface area contributed by atoms with E-state index < -0.39 is 0 Å². The van der Waals surface area contributed by atoms with Gasteiger partial charge in [-0.15, -0.1) is 0 Å². The predicted octanol–water partition coefficient (Wildman–Crippen LogP) is 5.01. The van der Waals surface area contributed by atoms with Crippen molar-refractivity contribution in [2.45, 2.75) is 60.3 Å². The van der Waals surface area contributed by atoms with Gasteiger partial charge in [0.25, 0.3) is 0 Å². The van der Waals surface area contributed by atoms with Gasteiger partial charge in [0.15, 0.2) is 0 Å². The van der Waals surface area contributed by atoms with Gasteiger partial charge in [0.1, 0.15) is 9.52 Å². The Morgan fingerprint density at radius 1 is 1.00 bits per heavy atom. The van der Waals surface area contributed by atoms with Crippen LogP contribution in [0.3, 0.4) is 0 Å². The second-order valence-electron chi connectivity index (χ2n) is 6.31. The molecule has 0 aliphatic heterocycles. The van der Waals surface area contributed by atoms with E-state index in [2.05, 4.69) is 58.9 Å². The van der Waals surface area contributed by atoms with E-state index in [1.165, 1.54) is 31.3 Å². The first-order chi connectivity index (χ1) is 10.1. The molecule has 0 aromatic heterocycles. The van der Waals surface area contributed by atoms with Crippen molar-refractivity contribution in [1.82, 2.24) is 0 Å². The molecule has 2 radical (unpaired) electrons. The highest BCUT2D eigenvalue weighted by atomic mass is 28.2. The SMILES string of the molecule is CCCCCc1ccccc1[Si]C1=C(C)C(C)=C(C)C1C. The van der Waals surface area contributed by atoms with E-state index in [0.29, 0.717) is 5.92 Å². The van der Waals surface area contributed by atoms with Crippen molar-refractivity contribution in [2.75, 3.05) is 0 Å². The van der Waals surface area contributed by atoms with Gasteiger partial charge in [-0.1, -0.05) is 72.5 Å². The smallest absolute Gasteiger partial charge is 0.0695 e. The Morgan fingerprint density at radius 2 is 1.71 bits per heavy atom. The van der Waals surface area contributed by atoms with Gasteiger partial charge < -0.3 is 0 Å². The molecule has 0 saturated heterocycles. The number of hydrogen-bond donors (Lipinski definition) is 0. The van der Waals surface area contributed by atoms with Crippen LogP contribution in [0, 0.1) is 5.92 Å². The Kier molecular flexibility index (Phi) is 5.63. The van der Waals surface area contributed by atoms with Crippen LogP contribution in [0.4, 0.5) is 0 Å². The van der Waals surface area contributed by atoms with Gasteiger partial charge in [-0.25, -0.2) is 0 Å². The quantitative estimate of drug-likeness (QED) is 0.511. The van der Waals surface area contributed by atoms with Crippen LogP contribution in [-0.4, -0.2) is 9.52 Å². The minimum Gasteiger partial charge on any atom is -0.0695 e. The molecule has 1 aromatic rings. The van der Waals surface area contributed by atoms with Crippen molar-refractivity contribution >= 4 is 14.7 Å². The first-order valence-corrected chi connectivity index (χ1v) is 9.29. The maximum atomic E-state index is 2.37. The van der Waals surface area contributed by atoms with Gasteiger partial charge in [0.2, 0.25) is 0 Å². The summed E-state index contributed by atoms with van der Waals surface area (Å²) < 4.78 is 0. The molecular formula is C20H28Si. The molecule has 0 heterocycles. The van der Waals surface area contributed by atoms with E-state index in [1.54, 1.807) is 27.1 Å². The Bertz CT molecular complexity index is 563. The summed E-state index contributed by atoms with van der Waals surface area (Å²) in [6.45, 7) is 11.5. The summed E-state index contributed by atoms with van der Waals surface area (Å²) in [5.41, 5.74) is 6.20. The molecule has 0 spiro atoms. The maximum Gasteiger partial charge on any atom is 0.117 e. The van der Waals surface area contributed by atoms with E-state index >= 15 is 0 Å². The second kappa shape index (κ2) is 7.26. The molecule has 0 amide bonds. The number of aryl methyl sites for hydroxylation is 1. The fraction of sp³-hybridized carbons (Fsp3) is 0.500. The number of hydrogen-bond acceptors (Lipinski definition) is 0. The number of rotatable bonds is 6. The van der Waals surface area contributed by atoms with Crippen molar-refractivity contribution in [3.05, 3.63) is 51.7 Å². The molecule has 1 aliphatic rings. The molecular weight excluding hydrogens is 268 g/mol. The lowest BCUT2D eigenvalue weighted by atomic mass is 10.1. The van der Waals surface area contributed by atoms with E-state index in [4.69, 9.17) is 0 Å². The fourth-order valence-electron chi connectivity index (χ4n) is 3.14. The summed E-state index contributed by atoms with van der Waals surface area (Å²) in [7, 11) is 0.839. The molecule has 1 atom stereocenters. The van der Waals surface area contributed by atoms with Crippen LogP contribution in [0.2, 0.25) is 0 Å². The topological polar surface area (TPSA) is 0 Å². The average molecular weight is 297 g/mol. The third-order valence-corrected chi connectivity index (χ3v) is 6.81. The van der Waals surface area contributed by atoms with Crippen LogP contribution < -0.4 is 5.19 Å². The van der Waals surface area contributed by atoms with Gasteiger partial charge in [-0.3, -0.25) is 0 Å². The summed E-state index contributed by atoms with van der Waals surface area (Å²) in [5.74, 6) is 0.632. The first kappa shape index (κ1) is 16.3. The lowest BCUT2D eigenvalue weighted by Gasteiger charge is -2.15. The highest BCUT2D eigenvalue weighted by molar-refractivity contribution is 6.62. The lowest BCUT2D eigenvalue weighted by Crippen LogP contribution is -2.24. The largest absolute Gasteiger partial charge is 0.117 e. The van der Waals surface area contributed by atoms with E-state index in [9.17, 15) is 0 Å². The number of unbranched alkanes of at least 4 members (excludes halogenated alkanes) is 2. The summed E-state index contributed by atoms with van der Waals surface area (Å²) >= 11 is 0. The van der Waals surface area contributed by atoms with Gasteiger partial charge >= 0.3 is 0 Å². The Hall–Kier alpha value is -1.08. The van der Waals surface area contributed by atoms with Gasteiger partial charge in [0.05, 0.1) is 0 Å². The molecule has 21 heavy (non-hydrogen) atoms. The third-order valence-electron chi connectivity index (χ3n) is 4.98. The van der Waals surface area contributed by atoms with Crippen LogP contribution in [0.25, 0.3) is 0 Å². The number of benzene rings is 1. The molecule has 0 bridgehead atoms. The zero-order valence-electron chi connectivity index (χ0n) is 14.2. The minimum absolute atomic E-state index is 0.632. The van der Waals surface area contributed by atoms with Gasteiger partial charge in [-0.2, -0.15) is 0 Å². The summed E-state index contributed by atoms with van der Waals surface area (Å²) in [5, 5.41) is 3.23. The standard InChI is InChI=1S/C20H28Si/c1-6-7-8-11-18-12-9-10-13-19(18)21-20-16(4)14(2)15(3)17(20)5/h9-10,12-13,16H,6-8,11H2,1-5H3. The zero-order chi connectivity index (χ0) is 15.4. The number of allylic oxidation sites excluding steroid dienone is 4. The molecule has 1 aliphatic carbocycles. The van der Waals surface area contributed by atoms with Crippen molar-refractivity contribution in [2.24, 2.45) is 5.92 Å². The second-order valence-corrected chi connectivity index (χ2v) is 7.63. The van der Waals surface area contributed by atoms with Gasteiger partial charge in [0, 0.05) is 0 Å². The maximum absolute atomic E-state index is 2.37. The highest BCUT2D eigenvalue weighted by Gasteiger charge is 2.24. The molecule has 2 rings (SSSR count). The Balaban J connectivity index is 2.17. The Morgan fingerprint density at radius 3 is 2.33 bits per heavy atom. The zero-order valence-corrected chi connectivity index (χ0v) is 15.2.